The molecule has 1 aliphatic heterocycles. The molecule has 0 radical (unpaired) electrons. The lowest BCUT2D eigenvalue weighted by molar-refractivity contribution is 0.137. The van der Waals surface area contributed by atoms with Crippen molar-refractivity contribution in [2.24, 2.45) is 5.73 Å². The van der Waals surface area contributed by atoms with Crippen LogP contribution in [0.5, 0.6) is 5.75 Å². The Morgan fingerprint density at radius 3 is 2.65 bits per heavy atom. The summed E-state index contributed by atoms with van der Waals surface area (Å²) in [6.45, 7) is 5.60. The summed E-state index contributed by atoms with van der Waals surface area (Å²) < 4.78 is 5.25. The molecule has 1 aliphatic rings. The van der Waals surface area contributed by atoms with Crippen LogP contribution in [-0.4, -0.2) is 42.1 Å². The molecule has 1 fully saturated rings. The summed E-state index contributed by atoms with van der Waals surface area (Å²) in [5.74, 6) is 3.30. The Morgan fingerprint density at radius 2 is 2.10 bits per heavy atom. The molecule has 0 spiro atoms. The second kappa shape index (κ2) is 7.34. The molecule has 0 aromatic heterocycles. The zero-order chi connectivity index (χ0) is 14.5. The van der Waals surface area contributed by atoms with Gasteiger partial charge in [-0.05, 0) is 31.0 Å². The zero-order valence-electron chi connectivity index (χ0n) is 12.7. The van der Waals surface area contributed by atoms with Gasteiger partial charge in [-0.3, -0.25) is 4.90 Å². The summed E-state index contributed by atoms with van der Waals surface area (Å²) in [6.07, 6.45) is 0.993. The Bertz CT molecular complexity index is 409. The number of thioether (sulfide) groups is 1. The zero-order valence-corrected chi connectivity index (χ0v) is 13.5. The number of nitrogens with zero attached hydrogens (tertiary/aromatic N) is 1. The molecule has 20 heavy (non-hydrogen) atoms. The maximum absolute atomic E-state index is 6.43. The van der Waals surface area contributed by atoms with Crippen molar-refractivity contribution in [1.82, 2.24) is 4.90 Å². The van der Waals surface area contributed by atoms with Gasteiger partial charge in [0.15, 0.2) is 0 Å². The van der Waals surface area contributed by atoms with Gasteiger partial charge in [0, 0.05) is 30.1 Å². The molecule has 0 amide bonds. The summed E-state index contributed by atoms with van der Waals surface area (Å²) in [5, 5.41) is 0. The minimum atomic E-state index is 0.175. The maximum Gasteiger partial charge on any atom is 0.118 e. The molecule has 3 unspecified atom stereocenters. The van der Waals surface area contributed by atoms with Crippen LogP contribution in [0.25, 0.3) is 0 Å². The molecule has 0 aliphatic carbocycles. The third kappa shape index (κ3) is 3.48. The van der Waals surface area contributed by atoms with Crippen LogP contribution < -0.4 is 10.5 Å². The van der Waals surface area contributed by atoms with Crippen molar-refractivity contribution in [2.45, 2.75) is 38.4 Å². The molecule has 4 heteroatoms. The molecule has 1 aromatic carbocycles. The molecule has 112 valence electrons. The van der Waals surface area contributed by atoms with E-state index in [4.69, 9.17) is 10.5 Å². The largest absolute Gasteiger partial charge is 0.497 e. The second-order valence-corrected chi connectivity index (χ2v) is 6.60. The van der Waals surface area contributed by atoms with E-state index in [9.17, 15) is 0 Å². The third-order valence-electron chi connectivity index (χ3n) is 4.11. The highest BCUT2D eigenvalue weighted by Gasteiger charge is 2.30. The van der Waals surface area contributed by atoms with Crippen molar-refractivity contribution >= 4 is 11.8 Å². The Balaban J connectivity index is 2.25. The van der Waals surface area contributed by atoms with Crippen LogP contribution in [0.4, 0.5) is 0 Å². The summed E-state index contributed by atoms with van der Waals surface area (Å²) in [7, 11) is 1.70. The normalized spacial score (nSPS) is 23.3. The van der Waals surface area contributed by atoms with Gasteiger partial charge in [0.1, 0.15) is 5.75 Å². The fourth-order valence-corrected chi connectivity index (χ4v) is 3.90. The van der Waals surface area contributed by atoms with Gasteiger partial charge in [-0.15, -0.1) is 0 Å². The van der Waals surface area contributed by atoms with E-state index >= 15 is 0 Å². The lowest BCUT2D eigenvalue weighted by Crippen LogP contribution is -2.48. The van der Waals surface area contributed by atoms with Gasteiger partial charge < -0.3 is 10.5 Å². The van der Waals surface area contributed by atoms with E-state index in [1.165, 1.54) is 17.1 Å². The van der Waals surface area contributed by atoms with E-state index in [2.05, 4.69) is 30.9 Å². The second-order valence-electron chi connectivity index (χ2n) is 5.45. The molecular weight excluding hydrogens is 268 g/mol. The Morgan fingerprint density at radius 1 is 1.40 bits per heavy atom. The molecule has 0 bridgehead atoms. The van der Waals surface area contributed by atoms with Crippen molar-refractivity contribution < 1.29 is 4.74 Å². The number of hydrogen-bond donors (Lipinski definition) is 1. The number of nitrogens with two attached hydrogens (primary N) is 1. The number of ether oxygens (including phenoxy) is 1. The number of hydrogen-bond acceptors (Lipinski definition) is 4. The van der Waals surface area contributed by atoms with E-state index < -0.39 is 0 Å². The molecular formula is C16H26N2OS. The van der Waals surface area contributed by atoms with Gasteiger partial charge in [0.05, 0.1) is 13.2 Å². The molecule has 1 saturated heterocycles. The first-order valence-electron chi connectivity index (χ1n) is 7.40. The average molecular weight is 294 g/mol. The molecule has 2 rings (SSSR count). The highest BCUT2D eigenvalue weighted by molar-refractivity contribution is 7.99. The highest BCUT2D eigenvalue weighted by Crippen LogP contribution is 2.31. The standard InChI is InChI=1S/C16H26N2OS/c1-4-15(17)16(18-9-10-20-11-12(18)2)13-5-7-14(19-3)8-6-13/h5-8,12,15-16H,4,9-11,17H2,1-3H3. The minimum Gasteiger partial charge on any atom is -0.497 e. The molecule has 2 N–H and O–H groups in total. The first-order chi connectivity index (χ1) is 9.67. The molecule has 1 heterocycles. The summed E-state index contributed by atoms with van der Waals surface area (Å²) in [6, 6.07) is 9.46. The Labute approximate surface area is 126 Å². The quantitative estimate of drug-likeness (QED) is 0.906. The van der Waals surface area contributed by atoms with Crippen LogP contribution in [-0.2, 0) is 0 Å². The van der Waals surface area contributed by atoms with Crippen LogP contribution in [0.2, 0.25) is 0 Å². The van der Waals surface area contributed by atoms with E-state index in [0.717, 1.165) is 18.7 Å². The van der Waals surface area contributed by atoms with Crippen molar-refractivity contribution in [3.8, 4) is 5.75 Å². The van der Waals surface area contributed by atoms with Crippen molar-refractivity contribution in [3.05, 3.63) is 29.8 Å². The van der Waals surface area contributed by atoms with Crippen LogP contribution >= 0.6 is 11.8 Å². The van der Waals surface area contributed by atoms with Gasteiger partial charge in [-0.2, -0.15) is 11.8 Å². The van der Waals surface area contributed by atoms with Crippen LogP contribution in [0.3, 0.4) is 0 Å². The van der Waals surface area contributed by atoms with Crippen molar-refractivity contribution in [1.29, 1.82) is 0 Å². The summed E-state index contributed by atoms with van der Waals surface area (Å²) >= 11 is 2.04. The fourth-order valence-electron chi connectivity index (χ4n) is 2.86. The van der Waals surface area contributed by atoms with Gasteiger partial charge in [0.25, 0.3) is 0 Å². The van der Waals surface area contributed by atoms with Crippen molar-refractivity contribution in [2.75, 3.05) is 25.2 Å². The van der Waals surface area contributed by atoms with Gasteiger partial charge in [0.2, 0.25) is 0 Å². The Kier molecular flexibility index (Phi) is 5.75. The maximum atomic E-state index is 6.43. The first-order valence-corrected chi connectivity index (χ1v) is 8.55. The topological polar surface area (TPSA) is 38.5 Å². The number of rotatable bonds is 5. The Hall–Kier alpha value is -0.710. The highest BCUT2D eigenvalue weighted by atomic mass is 32.2. The van der Waals surface area contributed by atoms with Crippen LogP contribution in [0, 0.1) is 0 Å². The summed E-state index contributed by atoms with van der Waals surface area (Å²) in [5.41, 5.74) is 7.74. The van der Waals surface area contributed by atoms with E-state index in [0.29, 0.717) is 12.1 Å². The average Bonchev–Trinajstić information content (AvgIpc) is 2.50. The van der Waals surface area contributed by atoms with Gasteiger partial charge in [-0.1, -0.05) is 19.1 Å². The van der Waals surface area contributed by atoms with Crippen LogP contribution in [0.1, 0.15) is 31.9 Å². The van der Waals surface area contributed by atoms with E-state index in [1.54, 1.807) is 7.11 Å². The lowest BCUT2D eigenvalue weighted by Gasteiger charge is -2.42. The SMILES string of the molecule is CCC(N)C(c1ccc(OC)cc1)N1CCSCC1C. The number of benzene rings is 1. The fraction of sp³-hybridized carbons (Fsp3) is 0.625. The van der Waals surface area contributed by atoms with Crippen molar-refractivity contribution in [3.63, 3.8) is 0 Å². The minimum absolute atomic E-state index is 0.175. The smallest absolute Gasteiger partial charge is 0.118 e. The number of methoxy groups -OCH3 is 1. The first kappa shape index (κ1) is 15.7. The predicted octanol–water partition coefficient (Wildman–Crippen LogP) is 2.91. The van der Waals surface area contributed by atoms with Gasteiger partial charge in [-0.25, -0.2) is 0 Å². The molecule has 0 saturated carbocycles. The predicted molar refractivity (Wildman–Crippen MR) is 87.5 cm³/mol. The third-order valence-corrected chi connectivity index (χ3v) is 5.30. The van der Waals surface area contributed by atoms with Crippen LogP contribution in [0.15, 0.2) is 24.3 Å². The lowest BCUT2D eigenvalue weighted by atomic mass is 9.95. The molecule has 1 aromatic rings. The molecule has 3 atom stereocenters. The molecule has 3 nitrogen and oxygen atoms in total. The van der Waals surface area contributed by atoms with E-state index in [1.807, 2.05) is 23.9 Å². The monoisotopic (exact) mass is 294 g/mol. The van der Waals surface area contributed by atoms with E-state index in [-0.39, 0.29) is 6.04 Å². The summed E-state index contributed by atoms with van der Waals surface area (Å²) in [4.78, 5) is 2.58. The van der Waals surface area contributed by atoms with Gasteiger partial charge >= 0.3 is 0 Å².